The SMILES string of the molecule is CCCCCCNC(=O)/C(C)=C/CCCC#N. The van der Waals surface area contributed by atoms with Gasteiger partial charge in [0.2, 0.25) is 5.91 Å². The fourth-order valence-corrected chi connectivity index (χ4v) is 1.49. The van der Waals surface area contributed by atoms with E-state index in [-0.39, 0.29) is 5.91 Å². The van der Waals surface area contributed by atoms with E-state index in [1.807, 2.05) is 13.0 Å². The number of allylic oxidation sites excluding steroid dienone is 1. The highest BCUT2D eigenvalue weighted by molar-refractivity contribution is 5.92. The van der Waals surface area contributed by atoms with Crippen LogP contribution in [0.1, 0.15) is 58.8 Å². The van der Waals surface area contributed by atoms with Crippen molar-refractivity contribution < 1.29 is 4.79 Å². The molecule has 0 saturated carbocycles. The molecule has 1 amide bonds. The van der Waals surface area contributed by atoms with E-state index in [1.54, 1.807) is 0 Å². The van der Waals surface area contributed by atoms with E-state index in [0.29, 0.717) is 6.42 Å². The highest BCUT2D eigenvalue weighted by Crippen LogP contribution is 2.02. The fraction of sp³-hybridized carbons (Fsp3) is 0.714. The summed E-state index contributed by atoms with van der Waals surface area (Å²) in [7, 11) is 0. The molecule has 0 atom stereocenters. The molecular weight excluding hydrogens is 212 g/mol. The first-order valence-electron chi connectivity index (χ1n) is 6.54. The molecule has 0 heterocycles. The van der Waals surface area contributed by atoms with Gasteiger partial charge in [0.1, 0.15) is 0 Å². The lowest BCUT2D eigenvalue weighted by Gasteiger charge is -2.05. The van der Waals surface area contributed by atoms with Gasteiger partial charge < -0.3 is 5.32 Å². The highest BCUT2D eigenvalue weighted by atomic mass is 16.1. The monoisotopic (exact) mass is 236 g/mol. The van der Waals surface area contributed by atoms with Crippen LogP contribution in [0.2, 0.25) is 0 Å². The summed E-state index contributed by atoms with van der Waals surface area (Å²) in [6.45, 7) is 4.77. The zero-order chi connectivity index (χ0) is 12.9. The van der Waals surface area contributed by atoms with E-state index in [2.05, 4.69) is 18.3 Å². The van der Waals surface area contributed by atoms with Crippen molar-refractivity contribution in [1.82, 2.24) is 5.32 Å². The molecule has 0 aromatic heterocycles. The van der Waals surface area contributed by atoms with Crippen molar-refractivity contribution in [3.8, 4) is 6.07 Å². The van der Waals surface area contributed by atoms with Gasteiger partial charge in [-0.3, -0.25) is 4.79 Å². The maximum Gasteiger partial charge on any atom is 0.246 e. The topological polar surface area (TPSA) is 52.9 Å². The Hall–Kier alpha value is -1.30. The minimum Gasteiger partial charge on any atom is -0.352 e. The van der Waals surface area contributed by atoms with Gasteiger partial charge in [-0.1, -0.05) is 32.3 Å². The van der Waals surface area contributed by atoms with Gasteiger partial charge in [0.15, 0.2) is 0 Å². The zero-order valence-corrected chi connectivity index (χ0v) is 11.1. The van der Waals surface area contributed by atoms with Crippen molar-refractivity contribution >= 4 is 5.91 Å². The first kappa shape index (κ1) is 15.7. The van der Waals surface area contributed by atoms with Crippen LogP contribution in [0.15, 0.2) is 11.6 Å². The van der Waals surface area contributed by atoms with E-state index >= 15 is 0 Å². The smallest absolute Gasteiger partial charge is 0.246 e. The van der Waals surface area contributed by atoms with Crippen LogP contribution in [-0.4, -0.2) is 12.5 Å². The summed E-state index contributed by atoms with van der Waals surface area (Å²) in [4.78, 5) is 11.6. The largest absolute Gasteiger partial charge is 0.352 e. The molecule has 0 unspecified atom stereocenters. The van der Waals surface area contributed by atoms with Crippen LogP contribution in [0.3, 0.4) is 0 Å². The van der Waals surface area contributed by atoms with E-state index in [1.165, 1.54) is 19.3 Å². The molecule has 0 bridgehead atoms. The molecular formula is C14H24N2O. The summed E-state index contributed by atoms with van der Waals surface area (Å²) < 4.78 is 0. The number of unbranched alkanes of at least 4 members (excludes halogenated alkanes) is 5. The summed E-state index contributed by atoms with van der Waals surface area (Å²) in [6, 6.07) is 2.09. The second kappa shape index (κ2) is 11.2. The van der Waals surface area contributed by atoms with Gasteiger partial charge in [-0.15, -0.1) is 0 Å². The maximum absolute atomic E-state index is 11.6. The highest BCUT2D eigenvalue weighted by Gasteiger charge is 2.01. The van der Waals surface area contributed by atoms with Crippen LogP contribution in [-0.2, 0) is 4.79 Å². The number of rotatable bonds is 9. The number of carbonyl (C=O) groups excluding carboxylic acids is 1. The fourth-order valence-electron chi connectivity index (χ4n) is 1.49. The average molecular weight is 236 g/mol. The van der Waals surface area contributed by atoms with Gasteiger partial charge in [-0.05, 0) is 26.2 Å². The second-order valence-electron chi connectivity index (χ2n) is 4.25. The van der Waals surface area contributed by atoms with Gasteiger partial charge in [0.05, 0.1) is 6.07 Å². The number of carbonyl (C=O) groups is 1. The molecule has 0 aromatic carbocycles. The Morgan fingerprint density at radius 2 is 2.06 bits per heavy atom. The van der Waals surface area contributed by atoms with Crippen molar-refractivity contribution in [1.29, 1.82) is 5.26 Å². The molecule has 3 nitrogen and oxygen atoms in total. The molecule has 0 aliphatic heterocycles. The minimum atomic E-state index is 0.0263. The number of hydrogen-bond acceptors (Lipinski definition) is 2. The third kappa shape index (κ3) is 9.62. The number of nitrogens with one attached hydrogen (secondary N) is 1. The molecule has 0 spiro atoms. The lowest BCUT2D eigenvalue weighted by Crippen LogP contribution is -2.25. The third-order valence-electron chi connectivity index (χ3n) is 2.62. The van der Waals surface area contributed by atoms with E-state index < -0.39 is 0 Å². The minimum absolute atomic E-state index is 0.0263. The molecule has 0 aromatic rings. The van der Waals surface area contributed by atoms with E-state index in [9.17, 15) is 4.79 Å². The molecule has 0 aliphatic rings. The van der Waals surface area contributed by atoms with Crippen LogP contribution in [0.5, 0.6) is 0 Å². The quantitative estimate of drug-likeness (QED) is 0.493. The molecule has 1 N–H and O–H groups in total. The first-order chi connectivity index (χ1) is 8.22. The molecule has 0 aliphatic carbocycles. The summed E-state index contributed by atoms with van der Waals surface area (Å²) >= 11 is 0. The van der Waals surface area contributed by atoms with Gasteiger partial charge in [-0.2, -0.15) is 5.26 Å². The van der Waals surface area contributed by atoms with Crippen LogP contribution < -0.4 is 5.32 Å². The predicted octanol–water partition coefficient (Wildman–Crippen LogP) is 3.32. The normalized spacial score (nSPS) is 11.0. The van der Waals surface area contributed by atoms with Crippen LogP contribution in [0.25, 0.3) is 0 Å². The lowest BCUT2D eigenvalue weighted by molar-refractivity contribution is -0.117. The Morgan fingerprint density at radius 3 is 2.71 bits per heavy atom. The third-order valence-corrected chi connectivity index (χ3v) is 2.62. The maximum atomic E-state index is 11.6. The Kier molecular flexibility index (Phi) is 10.3. The summed E-state index contributed by atoms with van der Waals surface area (Å²) in [5.74, 6) is 0.0263. The van der Waals surface area contributed by atoms with Gasteiger partial charge in [-0.25, -0.2) is 0 Å². The number of amides is 1. The van der Waals surface area contributed by atoms with Crippen molar-refractivity contribution in [3.63, 3.8) is 0 Å². The summed E-state index contributed by atoms with van der Waals surface area (Å²) in [5.41, 5.74) is 0.762. The Bertz CT molecular complexity index is 276. The van der Waals surface area contributed by atoms with Crippen molar-refractivity contribution in [2.75, 3.05) is 6.54 Å². The molecule has 96 valence electrons. The standard InChI is InChI=1S/C14H24N2O/c1-3-4-5-9-12-16-14(17)13(2)10-7-6-8-11-15/h10H,3-9,12H2,1-2H3,(H,16,17)/b13-10+. The van der Waals surface area contributed by atoms with Crippen LogP contribution in [0, 0.1) is 11.3 Å². The molecule has 0 rings (SSSR count). The molecule has 0 radical (unpaired) electrons. The average Bonchev–Trinajstić information content (AvgIpc) is 2.34. The van der Waals surface area contributed by atoms with Gasteiger partial charge in [0.25, 0.3) is 0 Å². The van der Waals surface area contributed by atoms with Crippen molar-refractivity contribution in [3.05, 3.63) is 11.6 Å². The Morgan fingerprint density at radius 1 is 1.29 bits per heavy atom. The van der Waals surface area contributed by atoms with E-state index in [4.69, 9.17) is 5.26 Å². The predicted molar refractivity (Wildman–Crippen MR) is 70.4 cm³/mol. The molecule has 0 fully saturated rings. The van der Waals surface area contributed by atoms with E-state index in [0.717, 1.165) is 31.4 Å². The molecule has 17 heavy (non-hydrogen) atoms. The molecule has 0 saturated heterocycles. The Labute approximate surface area is 105 Å². The zero-order valence-electron chi connectivity index (χ0n) is 11.1. The van der Waals surface area contributed by atoms with Crippen molar-refractivity contribution in [2.45, 2.75) is 58.8 Å². The van der Waals surface area contributed by atoms with Gasteiger partial charge in [0, 0.05) is 18.5 Å². The van der Waals surface area contributed by atoms with Gasteiger partial charge >= 0.3 is 0 Å². The first-order valence-corrected chi connectivity index (χ1v) is 6.54. The number of hydrogen-bond donors (Lipinski definition) is 1. The second-order valence-corrected chi connectivity index (χ2v) is 4.25. The lowest BCUT2D eigenvalue weighted by atomic mass is 10.1. The number of nitriles is 1. The summed E-state index contributed by atoms with van der Waals surface area (Å²) in [5, 5.41) is 11.3. The summed E-state index contributed by atoms with van der Waals surface area (Å²) in [6.07, 6.45) is 8.80. The van der Waals surface area contributed by atoms with Crippen LogP contribution >= 0.6 is 0 Å². The molecule has 3 heteroatoms. The Balaban J connectivity index is 3.63. The van der Waals surface area contributed by atoms with Crippen LogP contribution in [0.4, 0.5) is 0 Å². The van der Waals surface area contributed by atoms with Crippen molar-refractivity contribution in [2.24, 2.45) is 0 Å². The number of nitrogens with zero attached hydrogens (tertiary/aromatic N) is 1.